The molecule has 0 radical (unpaired) electrons. The van der Waals surface area contributed by atoms with Gasteiger partial charge in [-0.15, -0.1) is 12.6 Å². The van der Waals surface area contributed by atoms with Crippen LogP contribution in [-0.2, 0) is 11.2 Å². The van der Waals surface area contributed by atoms with Crippen molar-refractivity contribution in [2.45, 2.75) is 43.7 Å². The number of thiol groups is 1. The van der Waals surface area contributed by atoms with Crippen molar-refractivity contribution in [2.24, 2.45) is 0 Å². The van der Waals surface area contributed by atoms with Crippen molar-refractivity contribution in [1.29, 1.82) is 5.26 Å². The molecule has 1 atom stereocenters. The van der Waals surface area contributed by atoms with E-state index in [1.54, 1.807) is 20.8 Å². The smallest absolute Gasteiger partial charge is 0.408 e. The molecule has 1 unspecified atom stereocenters. The molecule has 0 aromatic heterocycles. The van der Waals surface area contributed by atoms with Crippen molar-refractivity contribution in [3.63, 3.8) is 0 Å². The first-order valence-electron chi connectivity index (χ1n) is 5.97. The molecule has 19 heavy (non-hydrogen) atoms. The van der Waals surface area contributed by atoms with Crippen LogP contribution in [0.5, 0.6) is 0 Å². The first-order valence-corrected chi connectivity index (χ1v) is 6.42. The fourth-order valence-corrected chi connectivity index (χ4v) is 1.60. The number of carbonyl (C=O) groups is 1. The Bertz CT molecular complexity index is 472. The number of amides is 1. The lowest BCUT2D eigenvalue weighted by molar-refractivity contribution is 0.0516. The molecule has 1 aromatic carbocycles. The fourth-order valence-electron chi connectivity index (χ4n) is 1.45. The van der Waals surface area contributed by atoms with Crippen LogP contribution in [0.4, 0.5) is 4.79 Å². The van der Waals surface area contributed by atoms with Gasteiger partial charge in [0.05, 0.1) is 6.07 Å². The Labute approximate surface area is 119 Å². The van der Waals surface area contributed by atoms with Crippen molar-refractivity contribution >= 4 is 18.7 Å². The minimum Gasteiger partial charge on any atom is -0.444 e. The maximum absolute atomic E-state index is 11.6. The van der Waals surface area contributed by atoms with Gasteiger partial charge in [-0.05, 0) is 38.5 Å². The molecule has 5 heteroatoms. The summed E-state index contributed by atoms with van der Waals surface area (Å²) in [6.07, 6.45) is -0.145. The molecule has 1 rings (SSSR count). The zero-order valence-corrected chi connectivity index (χ0v) is 12.2. The van der Waals surface area contributed by atoms with Crippen molar-refractivity contribution in [1.82, 2.24) is 5.32 Å². The predicted molar refractivity (Wildman–Crippen MR) is 76.2 cm³/mol. The fraction of sp³-hybridized carbons (Fsp3) is 0.429. The van der Waals surface area contributed by atoms with Gasteiger partial charge in [-0.25, -0.2) is 4.79 Å². The summed E-state index contributed by atoms with van der Waals surface area (Å²) >= 11 is 4.19. The van der Waals surface area contributed by atoms with Gasteiger partial charge in [-0.2, -0.15) is 5.26 Å². The standard InChI is InChI=1S/C14H18N2O2S/c1-14(2,3)18-13(17)16-11(9-15)8-10-4-6-12(19)7-5-10/h4-7,11,19H,8H2,1-3H3,(H,16,17). The van der Waals surface area contributed by atoms with Crippen LogP contribution in [0.3, 0.4) is 0 Å². The molecule has 0 aliphatic heterocycles. The summed E-state index contributed by atoms with van der Waals surface area (Å²) in [5.41, 5.74) is 0.387. The largest absolute Gasteiger partial charge is 0.444 e. The van der Waals surface area contributed by atoms with E-state index < -0.39 is 17.7 Å². The normalized spacial score (nSPS) is 12.4. The number of alkyl carbamates (subject to hydrolysis) is 1. The second-order valence-corrected chi connectivity index (χ2v) is 5.71. The maximum atomic E-state index is 11.6. The number of carbonyl (C=O) groups excluding carboxylic acids is 1. The van der Waals surface area contributed by atoms with Crippen molar-refractivity contribution in [3.8, 4) is 6.07 Å². The zero-order chi connectivity index (χ0) is 14.5. The van der Waals surface area contributed by atoms with E-state index in [9.17, 15) is 4.79 Å². The first-order chi connectivity index (χ1) is 8.80. The minimum atomic E-state index is -0.611. The molecular weight excluding hydrogens is 260 g/mol. The SMILES string of the molecule is CC(C)(C)OC(=O)NC(C#N)Cc1ccc(S)cc1. The Morgan fingerprint density at radius 1 is 1.42 bits per heavy atom. The van der Waals surface area contributed by atoms with Gasteiger partial charge in [-0.3, -0.25) is 0 Å². The number of nitrogens with one attached hydrogen (secondary N) is 1. The average molecular weight is 278 g/mol. The minimum absolute atomic E-state index is 0.434. The van der Waals surface area contributed by atoms with Crippen molar-refractivity contribution in [2.75, 3.05) is 0 Å². The van der Waals surface area contributed by atoms with E-state index in [-0.39, 0.29) is 0 Å². The lowest BCUT2D eigenvalue weighted by Gasteiger charge is -2.21. The highest BCUT2D eigenvalue weighted by Gasteiger charge is 2.19. The molecule has 0 spiro atoms. The molecule has 0 heterocycles. The third-order valence-electron chi connectivity index (χ3n) is 2.22. The summed E-state index contributed by atoms with van der Waals surface area (Å²) in [5, 5.41) is 11.6. The van der Waals surface area contributed by atoms with E-state index in [0.29, 0.717) is 6.42 Å². The topological polar surface area (TPSA) is 62.1 Å². The summed E-state index contributed by atoms with van der Waals surface area (Å²) in [6.45, 7) is 5.33. The van der Waals surface area contributed by atoms with Crippen molar-refractivity contribution in [3.05, 3.63) is 29.8 Å². The third kappa shape index (κ3) is 6.16. The molecule has 0 aliphatic rings. The van der Waals surface area contributed by atoms with Crippen LogP contribution >= 0.6 is 12.6 Å². The molecule has 1 aromatic rings. The Morgan fingerprint density at radius 2 is 2.00 bits per heavy atom. The second kappa shape index (κ2) is 6.48. The summed E-state index contributed by atoms with van der Waals surface area (Å²) in [5.74, 6) is 0. The first kappa shape index (κ1) is 15.4. The van der Waals surface area contributed by atoms with E-state index in [0.717, 1.165) is 10.5 Å². The predicted octanol–water partition coefficient (Wildman–Crippen LogP) is 2.93. The molecule has 1 N–H and O–H groups in total. The summed E-state index contributed by atoms with van der Waals surface area (Å²) in [4.78, 5) is 12.4. The number of hydrogen-bond acceptors (Lipinski definition) is 4. The van der Waals surface area contributed by atoms with Crippen LogP contribution in [0.15, 0.2) is 29.2 Å². The third-order valence-corrected chi connectivity index (χ3v) is 2.52. The van der Waals surface area contributed by atoms with Gasteiger partial charge in [0.15, 0.2) is 0 Å². The summed E-state index contributed by atoms with van der Waals surface area (Å²) in [6, 6.07) is 8.89. The number of rotatable bonds is 3. The Kier molecular flexibility index (Phi) is 5.25. The van der Waals surface area contributed by atoms with Crippen LogP contribution in [0.2, 0.25) is 0 Å². The van der Waals surface area contributed by atoms with Gasteiger partial charge in [0.25, 0.3) is 0 Å². The van der Waals surface area contributed by atoms with Gasteiger partial charge in [0, 0.05) is 11.3 Å². The molecule has 102 valence electrons. The monoisotopic (exact) mass is 278 g/mol. The quantitative estimate of drug-likeness (QED) is 0.836. The highest BCUT2D eigenvalue weighted by molar-refractivity contribution is 7.80. The van der Waals surface area contributed by atoms with E-state index in [2.05, 4.69) is 24.0 Å². The summed E-state index contributed by atoms with van der Waals surface area (Å²) < 4.78 is 5.11. The number of nitrogens with zero attached hydrogens (tertiary/aromatic N) is 1. The molecule has 0 saturated heterocycles. The van der Waals surface area contributed by atoms with E-state index in [1.165, 1.54) is 0 Å². The average Bonchev–Trinajstić information content (AvgIpc) is 2.28. The Morgan fingerprint density at radius 3 is 2.47 bits per heavy atom. The number of benzene rings is 1. The van der Waals surface area contributed by atoms with Crippen LogP contribution in [-0.4, -0.2) is 17.7 Å². The van der Waals surface area contributed by atoms with Gasteiger partial charge < -0.3 is 10.1 Å². The van der Waals surface area contributed by atoms with E-state index in [4.69, 9.17) is 10.00 Å². The molecule has 0 saturated carbocycles. The number of hydrogen-bond donors (Lipinski definition) is 2. The zero-order valence-electron chi connectivity index (χ0n) is 11.3. The highest BCUT2D eigenvalue weighted by Crippen LogP contribution is 2.10. The van der Waals surface area contributed by atoms with Gasteiger partial charge in [0.1, 0.15) is 11.6 Å². The van der Waals surface area contributed by atoms with Crippen LogP contribution in [0, 0.1) is 11.3 Å². The van der Waals surface area contributed by atoms with Gasteiger partial charge in [-0.1, -0.05) is 12.1 Å². The van der Waals surface area contributed by atoms with Crippen LogP contribution < -0.4 is 5.32 Å². The van der Waals surface area contributed by atoms with Gasteiger partial charge >= 0.3 is 6.09 Å². The lowest BCUT2D eigenvalue weighted by atomic mass is 10.1. The van der Waals surface area contributed by atoms with Crippen molar-refractivity contribution < 1.29 is 9.53 Å². The molecule has 0 aliphatic carbocycles. The maximum Gasteiger partial charge on any atom is 0.408 e. The summed E-state index contributed by atoms with van der Waals surface area (Å²) in [7, 11) is 0. The van der Waals surface area contributed by atoms with Gasteiger partial charge in [0.2, 0.25) is 0 Å². The molecule has 0 fully saturated rings. The number of ether oxygens (including phenoxy) is 1. The second-order valence-electron chi connectivity index (χ2n) is 5.20. The van der Waals surface area contributed by atoms with Crippen LogP contribution in [0.25, 0.3) is 0 Å². The molecule has 4 nitrogen and oxygen atoms in total. The molecule has 0 bridgehead atoms. The highest BCUT2D eigenvalue weighted by atomic mass is 32.1. The number of nitriles is 1. The van der Waals surface area contributed by atoms with E-state index >= 15 is 0 Å². The Hall–Kier alpha value is -1.67. The Balaban J connectivity index is 2.57. The van der Waals surface area contributed by atoms with E-state index in [1.807, 2.05) is 24.3 Å². The van der Waals surface area contributed by atoms with Crippen LogP contribution in [0.1, 0.15) is 26.3 Å². The molecule has 1 amide bonds. The molecular formula is C14H18N2O2S. The lowest BCUT2D eigenvalue weighted by Crippen LogP contribution is -2.39.